The molecular weight excluding hydrogens is 690 g/mol. The molecule has 0 aromatic heterocycles. The van der Waals surface area contributed by atoms with Crippen LogP contribution < -0.4 is 21.1 Å². The minimum atomic E-state index is -2.11. The van der Waals surface area contributed by atoms with Crippen LogP contribution >= 0.6 is 12.4 Å². The van der Waals surface area contributed by atoms with E-state index in [1.165, 1.54) is 32.2 Å². The molecule has 0 radical (unpaired) electrons. The number of halogens is 1. The van der Waals surface area contributed by atoms with E-state index in [1.54, 1.807) is 0 Å². The maximum absolute atomic E-state index is 13.9. The smallest absolute Gasteiger partial charge is 0.242 e. The lowest BCUT2D eigenvalue weighted by atomic mass is 9.72. The first kappa shape index (κ1) is 39.7. The highest BCUT2D eigenvalue weighted by molar-refractivity contribution is 6.31. The Morgan fingerprint density at radius 2 is 1.76 bits per heavy atom. The normalized spacial score (nSPS) is 25.9. The molecule has 1 heterocycles. The number of rotatable bonds is 10. The molecule has 0 spiro atoms. The standard InChI is InChI=1S/C35H43N3O12.ClH/c1-14(2)9-20(37-23(40)13-36)34(46)38-19-10-24(49-15(3)29(19)41)50-22-12-35(47,16(4)39)11-18-26(22)33(45)28-27(31(18)43)30(42)17-7-6-8-21(48-5)25(17)32(28)44;/h6-8,14-15,19-20,22,24,29,41,43,45,47H,9-13,36H2,1-5H3,(H,37,40)(H,38,46);1H. The van der Waals surface area contributed by atoms with Crippen molar-refractivity contribution in [3.8, 4) is 17.2 Å². The number of nitrogens with one attached hydrogen (secondary N) is 2. The quantitative estimate of drug-likeness (QED) is 0.145. The molecule has 2 amide bonds. The maximum atomic E-state index is 13.9. The van der Waals surface area contributed by atoms with E-state index in [9.17, 15) is 44.4 Å². The van der Waals surface area contributed by atoms with Gasteiger partial charge in [0.05, 0.1) is 48.6 Å². The van der Waals surface area contributed by atoms with Crippen molar-refractivity contribution >= 4 is 41.6 Å². The van der Waals surface area contributed by atoms with Crippen LogP contribution in [0.15, 0.2) is 18.2 Å². The van der Waals surface area contributed by atoms with Gasteiger partial charge in [0, 0.05) is 36.0 Å². The van der Waals surface area contributed by atoms with Gasteiger partial charge in [0.1, 0.15) is 35.0 Å². The van der Waals surface area contributed by atoms with Crippen molar-refractivity contribution in [1.29, 1.82) is 0 Å². The van der Waals surface area contributed by atoms with Crippen LogP contribution in [0.25, 0.3) is 0 Å². The van der Waals surface area contributed by atoms with Gasteiger partial charge in [-0.25, -0.2) is 0 Å². The monoisotopic (exact) mass is 733 g/mol. The Bertz CT molecular complexity index is 1750. The van der Waals surface area contributed by atoms with Gasteiger partial charge in [0.15, 0.2) is 17.9 Å². The molecule has 0 bridgehead atoms. The van der Waals surface area contributed by atoms with Crippen molar-refractivity contribution in [2.24, 2.45) is 11.7 Å². The Morgan fingerprint density at radius 3 is 2.37 bits per heavy atom. The third-order valence-electron chi connectivity index (χ3n) is 9.63. The topological polar surface area (TPSA) is 244 Å². The number of Topliss-reactive ketones (excluding diaryl/α,β-unsaturated/α-hetero) is 1. The average Bonchev–Trinajstić information content (AvgIpc) is 3.06. The Hall–Kier alpha value is -4.12. The Kier molecular flexibility index (Phi) is 11.8. The molecule has 1 aliphatic heterocycles. The molecule has 3 aliphatic rings. The van der Waals surface area contributed by atoms with Crippen LogP contribution in [0.1, 0.15) is 96.0 Å². The number of phenols is 2. The number of fused-ring (bicyclic) bond motifs is 3. The SMILES string of the molecule is COc1cccc2c1C(=O)c1c(O)c3c(c(O)c1C2=O)CC(O)(C(C)=O)CC3OC1CC(NC(=O)C(CC(C)C)NC(=O)CN)C(O)C(C)O1.Cl. The fourth-order valence-electron chi connectivity index (χ4n) is 7.01. The van der Waals surface area contributed by atoms with E-state index in [0.717, 1.165) is 6.92 Å². The van der Waals surface area contributed by atoms with E-state index < -0.39 is 107 Å². The lowest BCUT2D eigenvalue weighted by Crippen LogP contribution is -2.59. The number of nitrogens with two attached hydrogens (primary N) is 1. The molecule has 2 aromatic rings. The molecule has 51 heavy (non-hydrogen) atoms. The summed E-state index contributed by atoms with van der Waals surface area (Å²) in [6.45, 7) is 6.10. The second-order valence-corrected chi connectivity index (χ2v) is 13.5. The average molecular weight is 734 g/mol. The van der Waals surface area contributed by atoms with Crippen LogP contribution in [0.5, 0.6) is 17.2 Å². The number of hydrogen-bond acceptors (Lipinski definition) is 13. The van der Waals surface area contributed by atoms with E-state index in [0.29, 0.717) is 6.42 Å². The zero-order valence-corrected chi connectivity index (χ0v) is 29.7. The van der Waals surface area contributed by atoms with Gasteiger partial charge in [-0.3, -0.25) is 24.0 Å². The molecule has 1 fully saturated rings. The van der Waals surface area contributed by atoms with E-state index in [4.69, 9.17) is 19.9 Å². The number of aromatic hydroxyl groups is 2. The lowest BCUT2D eigenvalue weighted by Gasteiger charge is -2.43. The van der Waals surface area contributed by atoms with Gasteiger partial charge in [-0.05, 0) is 32.3 Å². The van der Waals surface area contributed by atoms with Crippen LogP contribution in [0.2, 0.25) is 0 Å². The first-order valence-electron chi connectivity index (χ1n) is 16.4. The Morgan fingerprint density at radius 1 is 1.10 bits per heavy atom. The van der Waals surface area contributed by atoms with Gasteiger partial charge in [-0.15, -0.1) is 12.4 Å². The molecule has 8 N–H and O–H groups in total. The molecule has 5 rings (SSSR count). The summed E-state index contributed by atoms with van der Waals surface area (Å²) < 4.78 is 17.5. The number of phenolic OH excluding ortho intramolecular Hbond substituents is 2. The van der Waals surface area contributed by atoms with E-state index in [-0.39, 0.29) is 59.3 Å². The van der Waals surface area contributed by atoms with Crippen molar-refractivity contribution in [2.75, 3.05) is 13.7 Å². The van der Waals surface area contributed by atoms with E-state index in [2.05, 4.69) is 10.6 Å². The largest absolute Gasteiger partial charge is 0.507 e. The minimum Gasteiger partial charge on any atom is -0.507 e. The summed E-state index contributed by atoms with van der Waals surface area (Å²) in [5, 5.41) is 51.1. The van der Waals surface area contributed by atoms with E-state index in [1.807, 2.05) is 13.8 Å². The van der Waals surface area contributed by atoms with Crippen LogP contribution in [0.4, 0.5) is 0 Å². The molecular formula is C35H44ClN3O12. The highest BCUT2D eigenvalue weighted by atomic mass is 35.5. The molecule has 7 atom stereocenters. The Balaban J connectivity index is 0.00000583. The molecule has 2 aliphatic carbocycles. The summed E-state index contributed by atoms with van der Waals surface area (Å²) in [5.41, 5.74) is 1.89. The van der Waals surface area contributed by atoms with Gasteiger partial charge in [0.2, 0.25) is 17.6 Å². The van der Waals surface area contributed by atoms with Crippen molar-refractivity contribution in [3.63, 3.8) is 0 Å². The van der Waals surface area contributed by atoms with Crippen LogP contribution in [-0.4, -0.2) is 99.4 Å². The predicted molar refractivity (Wildman–Crippen MR) is 182 cm³/mol. The molecule has 15 nitrogen and oxygen atoms in total. The fourth-order valence-corrected chi connectivity index (χ4v) is 7.01. The minimum absolute atomic E-state index is 0. The molecule has 16 heteroatoms. The number of aliphatic hydroxyl groups excluding tert-OH is 1. The summed E-state index contributed by atoms with van der Waals surface area (Å²) in [4.78, 5) is 65.7. The number of hydrogen-bond donors (Lipinski definition) is 7. The van der Waals surface area contributed by atoms with Gasteiger partial charge < -0.3 is 51.0 Å². The van der Waals surface area contributed by atoms with Gasteiger partial charge in [0.25, 0.3) is 0 Å². The zero-order valence-electron chi connectivity index (χ0n) is 28.8. The summed E-state index contributed by atoms with van der Waals surface area (Å²) in [5.74, 6) is -4.61. The number of methoxy groups -OCH3 is 1. The molecule has 2 aromatic carbocycles. The maximum Gasteiger partial charge on any atom is 0.242 e. The number of carbonyl (C=O) groups excluding carboxylic acids is 5. The predicted octanol–water partition coefficient (Wildman–Crippen LogP) is 1.10. The summed E-state index contributed by atoms with van der Waals surface area (Å²) >= 11 is 0. The number of carbonyl (C=O) groups is 5. The zero-order chi connectivity index (χ0) is 36.8. The van der Waals surface area contributed by atoms with Crippen molar-refractivity contribution in [3.05, 3.63) is 51.6 Å². The van der Waals surface area contributed by atoms with Gasteiger partial charge in [-0.2, -0.15) is 0 Å². The highest BCUT2D eigenvalue weighted by Crippen LogP contribution is 2.52. The second-order valence-electron chi connectivity index (χ2n) is 13.5. The van der Waals surface area contributed by atoms with Gasteiger partial charge >= 0.3 is 0 Å². The molecule has 1 saturated heterocycles. The summed E-state index contributed by atoms with van der Waals surface area (Å²) in [7, 11) is 1.32. The van der Waals surface area contributed by atoms with Crippen molar-refractivity contribution in [1.82, 2.24) is 10.6 Å². The third-order valence-corrected chi connectivity index (χ3v) is 9.63. The highest BCUT2D eigenvalue weighted by Gasteiger charge is 2.49. The molecule has 7 unspecified atom stereocenters. The first-order chi connectivity index (χ1) is 23.5. The summed E-state index contributed by atoms with van der Waals surface area (Å²) in [6.07, 6.45) is -5.51. The van der Waals surface area contributed by atoms with Crippen molar-refractivity contribution in [2.45, 2.75) is 95.7 Å². The van der Waals surface area contributed by atoms with Crippen molar-refractivity contribution < 1.29 is 58.6 Å². The third kappa shape index (κ3) is 7.32. The molecule has 0 saturated carbocycles. The fraction of sp³-hybridized carbons (Fsp3) is 0.514. The lowest BCUT2D eigenvalue weighted by molar-refractivity contribution is -0.249. The van der Waals surface area contributed by atoms with E-state index >= 15 is 0 Å². The second kappa shape index (κ2) is 15.2. The number of amides is 2. The Labute approximate surface area is 300 Å². The van der Waals surface area contributed by atoms with Crippen LogP contribution in [0.3, 0.4) is 0 Å². The first-order valence-corrected chi connectivity index (χ1v) is 16.4. The molecule has 278 valence electrons. The van der Waals surface area contributed by atoms with Gasteiger partial charge in [-0.1, -0.05) is 26.0 Å². The number of ether oxygens (including phenoxy) is 3. The summed E-state index contributed by atoms with van der Waals surface area (Å²) in [6, 6.07) is 2.47. The number of benzene rings is 2. The number of aliphatic hydroxyl groups is 2. The van der Waals surface area contributed by atoms with Crippen LogP contribution in [0, 0.1) is 5.92 Å². The van der Waals surface area contributed by atoms with Crippen LogP contribution in [-0.2, 0) is 30.3 Å². The number of ketones is 3.